The van der Waals surface area contributed by atoms with E-state index >= 15 is 0 Å². The van der Waals surface area contributed by atoms with Gasteiger partial charge < -0.3 is 15.2 Å². The van der Waals surface area contributed by atoms with E-state index in [9.17, 15) is 15.2 Å². The Labute approximate surface area is 153 Å². The number of phenolic OH excluding ortho intramolecular Hbond substituents is 1. The first kappa shape index (κ1) is 17.8. The Kier molecular flexibility index (Phi) is 6.21. The first-order chi connectivity index (χ1) is 11.5. The normalized spacial score (nSPS) is 10.8. The van der Waals surface area contributed by atoms with Crippen LogP contribution in [0, 0.1) is 14.9 Å². The molecule has 0 aromatic heterocycles. The minimum atomic E-state index is -0.496. The van der Waals surface area contributed by atoms with Gasteiger partial charge in [0.2, 0.25) is 0 Å². The van der Waals surface area contributed by atoms with E-state index in [0.29, 0.717) is 27.2 Å². The lowest BCUT2D eigenvalue weighted by atomic mass is 10.1. The van der Waals surface area contributed by atoms with Crippen molar-refractivity contribution in [2.75, 3.05) is 11.9 Å². The van der Waals surface area contributed by atoms with E-state index in [1.165, 1.54) is 12.1 Å². The largest absolute Gasteiger partial charge is 0.507 e. The summed E-state index contributed by atoms with van der Waals surface area (Å²) >= 11 is 1.98. The number of benzene rings is 2. The topological polar surface area (TPSA) is 82.3 Å². The summed E-state index contributed by atoms with van der Waals surface area (Å²) in [6.45, 7) is 2.46. The number of nitriles is 1. The molecule has 0 aliphatic heterocycles. The third-order valence-corrected chi connectivity index (χ3v) is 3.94. The van der Waals surface area contributed by atoms with Gasteiger partial charge in [0.15, 0.2) is 0 Å². The number of ether oxygens (including phenoxy) is 1. The summed E-state index contributed by atoms with van der Waals surface area (Å²) in [5.74, 6) is 0.375. The molecular formula is C18H15IN2O3. The van der Waals surface area contributed by atoms with Crippen molar-refractivity contribution >= 4 is 40.3 Å². The van der Waals surface area contributed by atoms with Gasteiger partial charge in [-0.2, -0.15) is 5.26 Å². The minimum Gasteiger partial charge on any atom is -0.507 e. The molecule has 0 aliphatic carbocycles. The third-order valence-electron chi connectivity index (χ3n) is 3.07. The first-order valence-electron chi connectivity index (χ1n) is 7.18. The molecule has 24 heavy (non-hydrogen) atoms. The number of amides is 1. The highest BCUT2D eigenvalue weighted by atomic mass is 127. The molecule has 0 bridgehead atoms. The molecule has 6 heteroatoms. The maximum atomic E-state index is 12.2. The van der Waals surface area contributed by atoms with E-state index in [4.69, 9.17) is 4.74 Å². The van der Waals surface area contributed by atoms with Crippen molar-refractivity contribution < 1.29 is 14.6 Å². The number of carbonyl (C=O) groups excluding carboxylic acids is 1. The van der Waals surface area contributed by atoms with E-state index in [2.05, 4.69) is 5.32 Å². The van der Waals surface area contributed by atoms with Crippen LogP contribution < -0.4 is 10.1 Å². The molecule has 0 saturated carbocycles. The zero-order valence-corrected chi connectivity index (χ0v) is 15.1. The van der Waals surface area contributed by atoms with Gasteiger partial charge >= 0.3 is 0 Å². The highest BCUT2D eigenvalue weighted by Crippen LogP contribution is 2.22. The average molecular weight is 434 g/mol. The number of hydrogen-bond donors (Lipinski definition) is 2. The Balaban J connectivity index is 2.15. The molecule has 0 spiro atoms. The van der Waals surface area contributed by atoms with E-state index in [1.54, 1.807) is 36.4 Å². The lowest BCUT2D eigenvalue weighted by Gasteiger charge is -2.07. The smallest absolute Gasteiger partial charge is 0.266 e. The van der Waals surface area contributed by atoms with Crippen molar-refractivity contribution in [1.29, 1.82) is 5.26 Å². The van der Waals surface area contributed by atoms with Crippen LogP contribution >= 0.6 is 22.6 Å². The van der Waals surface area contributed by atoms with Crippen LogP contribution in [0.2, 0.25) is 0 Å². The number of carbonyl (C=O) groups is 1. The predicted octanol–water partition coefficient (Wildman–Crippen LogP) is 3.94. The van der Waals surface area contributed by atoms with Crippen molar-refractivity contribution in [3.05, 3.63) is 57.2 Å². The number of nitrogens with one attached hydrogen (secondary N) is 1. The molecule has 2 N–H and O–H groups in total. The molecule has 0 fully saturated rings. The molecule has 122 valence electrons. The van der Waals surface area contributed by atoms with E-state index in [0.717, 1.165) is 0 Å². The maximum Gasteiger partial charge on any atom is 0.266 e. The van der Waals surface area contributed by atoms with Crippen LogP contribution in [0.4, 0.5) is 5.69 Å². The van der Waals surface area contributed by atoms with Gasteiger partial charge in [-0.05, 0) is 77.6 Å². The Morgan fingerprint density at radius 2 is 2.04 bits per heavy atom. The molecular weight excluding hydrogens is 419 g/mol. The lowest BCUT2D eigenvalue weighted by Crippen LogP contribution is -2.13. The Bertz CT molecular complexity index is 808. The molecule has 1 amide bonds. The van der Waals surface area contributed by atoms with Crippen LogP contribution in [-0.4, -0.2) is 17.6 Å². The summed E-state index contributed by atoms with van der Waals surface area (Å²) in [4.78, 5) is 12.2. The molecule has 2 aromatic carbocycles. The average Bonchev–Trinajstić information content (AvgIpc) is 2.57. The quantitative estimate of drug-likeness (QED) is 0.425. The van der Waals surface area contributed by atoms with E-state index < -0.39 is 5.91 Å². The van der Waals surface area contributed by atoms with Crippen molar-refractivity contribution in [2.24, 2.45) is 0 Å². The third kappa shape index (κ3) is 4.73. The van der Waals surface area contributed by atoms with Crippen molar-refractivity contribution in [3.8, 4) is 17.6 Å². The molecule has 0 heterocycles. The second-order valence-electron chi connectivity index (χ2n) is 4.79. The molecule has 0 radical (unpaired) electrons. The molecule has 5 nitrogen and oxygen atoms in total. The molecule has 2 aromatic rings. The number of aromatic hydroxyl groups is 1. The van der Waals surface area contributed by atoms with Gasteiger partial charge in [0, 0.05) is 5.69 Å². The Hall–Kier alpha value is -2.53. The van der Waals surface area contributed by atoms with Crippen LogP contribution in [-0.2, 0) is 4.79 Å². The first-order valence-corrected chi connectivity index (χ1v) is 8.26. The van der Waals surface area contributed by atoms with Crippen molar-refractivity contribution in [3.63, 3.8) is 0 Å². The summed E-state index contributed by atoms with van der Waals surface area (Å²) < 4.78 is 5.98. The molecule has 0 aliphatic rings. The van der Waals surface area contributed by atoms with Crippen molar-refractivity contribution in [1.82, 2.24) is 0 Å². The van der Waals surface area contributed by atoms with Crippen LogP contribution in [0.15, 0.2) is 48.0 Å². The zero-order valence-electron chi connectivity index (χ0n) is 12.9. The number of phenols is 1. The standard InChI is InChI=1S/C18H15IN2O3/c1-2-24-15-6-4-14(5-7-15)21-18(23)13(11-20)9-12-3-8-17(22)16(19)10-12/h3-10,22H,2H2,1H3,(H,21,23)/b13-9-. The summed E-state index contributed by atoms with van der Waals surface area (Å²) in [7, 11) is 0. The molecule has 0 saturated heterocycles. The summed E-state index contributed by atoms with van der Waals surface area (Å²) in [6, 6.07) is 13.7. The number of hydrogen-bond acceptors (Lipinski definition) is 4. The van der Waals surface area contributed by atoms with Crippen LogP contribution in [0.1, 0.15) is 12.5 Å². The van der Waals surface area contributed by atoms with Gasteiger partial charge in [0.05, 0.1) is 10.2 Å². The number of rotatable bonds is 5. The molecule has 0 unspecified atom stereocenters. The SMILES string of the molecule is CCOc1ccc(NC(=O)/C(C#N)=C\c2ccc(O)c(I)c2)cc1. The second-order valence-corrected chi connectivity index (χ2v) is 5.95. The van der Waals surface area contributed by atoms with E-state index in [-0.39, 0.29) is 11.3 Å². The highest BCUT2D eigenvalue weighted by molar-refractivity contribution is 14.1. The zero-order chi connectivity index (χ0) is 17.5. The van der Waals surface area contributed by atoms with Gasteiger partial charge in [0.25, 0.3) is 5.91 Å². The lowest BCUT2D eigenvalue weighted by molar-refractivity contribution is -0.112. The number of nitrogens with zero attached hydrogens (tertiary/aromatic N) is 1. The fraction of sp³-hybridized carbons (Fsp3) is 0.111. The molecule has 0 atom stereocenters. The summed E-state index contributed by atoms with van der Waals surface area (Å²) in [5.41, 5.74) is 1.21. The summed E-state index contributed by atoms with van der Waals surface area (Å²) in [6.07, 6.45) is 1.48. The Morgan fingerprint density at radius 1 is 1.33 bits per heavy atom. The van der Waals surface area contributed by atoms with Gasteiger partial charge in [0.1, 0.15) is 23.1 Å². The predicted molar refractivity (Wildman–Crippen MR) is 101 cm³/mol. The van der Waals surface area contributed by atoms with Gasteiger partial charge in [-0.3, -0.25) is 4.79 Å². The van der Waals surface area contributed by atoms with E-state index in [1.807, 2.05) is 35.6 Å². The van der Waals surface area contributed by atoms with Gasteiger partial charge in [-0.15, -0.1) is 0 Å². The van der Waals surface area contributed by atoms with Crippen LogP contribution in [0.5, 0.6) is 11.5 Å². The Morgan fingerprint density at radius 3 is 2.62 bits per heavy atom. The summed E-state index contributed by atoms with van der Waals surface area (Å²) in [5, 5.41) is 21.4. The number of halogens is 1. The van der Waals surface area contributed by atoms with Crippen LogP contribution in [0.3, 0.4) is 0 Å². The highest BCUT2D eigenvalue weighted by Gasteiger charge is 2.10. The fourth-order valence-corrected chi connectivity index (χ4v) is 2.47. The molecule has 2 rings (SSSR count). The second kappa shape index (κ2) is 8.36. The number of anilines is 1. The minimum absolute atomic E-state index is 0.0228. The maximum absolute atomic E-state index is 12.2. The van der Waals surface area contributed by atoms with Gasteiger partial charge in [-0.1, -0.05) is 6.07 Å². The fourth-order valence-electron chi connectivity index (χ4n) is 1.93. The van der Waals surface area contributed by atoms with Gasteiger partial charge in [-0.25, -0.2) is 0 Å². The van der Waals surface area contributed by atoms with Crippen molar-refractivity contribution in [2.45, 2.75) is 6.92 Å². The monoisotopic (exact) mass is 434 g/mol. The van der Waals surface area contributed by atoms with Crippen LogP contribution in [0.25, 0.3) is 6.08 Å².